The third kappa shape index (κ3) is 11.2. The van der Waals surface area contributed by atoms with Gasteiger partial charge < -0.3 is 19.0 Å². The van der Waals surface area contributed by atoms with Crippen molar-refractivity contribution in [3.8, 4) is 0 Å². The van der Waals surface area contributed by atoms with Gasteiger partial charge in [-0.25, -0.2) is 0 Å². The van der Waals surface area contributed by atoms with E-state index in [4.69, 9.17) is 19.0 Å². The van der Waals surface area contributed by atoms with Crippen LogP contribution in [0.25, 0.3) is 0 Å². The summed E-state index contributed by atoms with van der Waals surface area (Å²) in [5.41, 5.74) is -0.887. The predicted molar refractivity (Wildman–Crippen MR) is 183 cm³/mol. The zero-order valence-electron chi connectivity index (χ0n) is 30.5. The van der Waals surface area contributed by atoms with Gasteiger partial charge in [0.1, 0.15) is 0 Å². The van der Waals surface area contributed by atoms with Gasteiger partial charge in [-0.05, 0) is 39.5 Å². The average Bonchev–Trinajstić information content (AvgIpc) is 3.02. The quantitative estimate of drug-likeness (QED) is 0.106. The number of ether oxygens (including phenoxy) is 3. The fraction of sp³-hybridized carbons (Fsp3) is 0.974. The molecule has 44 heavy (non-hydrogen) atoms. The van der Waals surface area contributed by atoms with Crippen LogP contribution in [0.2, 0.25) is 0 Å². The van der Waals surface area contributed by atoms with Crippen LogP contribution >= 0.6 is 0 Å². The van der Waals surface area contributed by atoms with E-state index >= 15 is 0 Å². The lowest BCUT2D eigenvalue weighted by Gasteiger charge is -2.63. The molecule has 2 rings (SSSR count). The molecule has 3 atom stereocenters. The van der Waals surface area contributed by atoms with Crippen LogP contribution in [0.4, 0.5) is 0 Å². The molecule has 2 aliphatic heterocycles. The van der Waals surface area contributed by atoms with Gasteiger partial charge in [-0.3, -0.25) is 4.79 Å². The second kappa shape index (κ2) is 19.9. The Kier molecular flexibility index (Phi) is 17.8. The zero-order valence-corrected chi connectivity index (χ0v) is 30.5. The normalized spacial score (nSPS) is 31.0. The molecule has 0 aromatic carbocycles. The van der Waals surface area contributed by atoms with Crippen molar-refractivity contribution < 1.29 is 23.8 Å². The molecule has 2 heterocycles. The summed E-state index contributed by atoms with van der Waals surface area (Å²) in [6.07, 6.45) is 25.4. The van der Waals surface area contributed by atoms with Crippen LogP contribution in [0, 0.1) is 11.3 Å². The van der Waals surface area contributed by atoms with Crippen molar-refractivity contribution in [1.82, 2.24) is 5.06 Å². The lowest BCUT2D eigenvalue weighted by atomic mass is 9.66. The van der Waals surface area contributed by atoms with Crippen molar-refractivity contribution in [3.05, 3.63) is 0 Å². The zero-order chi connectivity index (χ0) is 32.5. The molecular formula is C38H73NO5. The van der Waals surface area contributed by atoms with Crippen molar-refractivity contribution in [1.29, 1.82) is 0 Å². The van der Waals surface area contributed by atoms with E-state index in [0.717, 1.165) is 32.3 Å². The van der Waals surface area contributed by atoms with Crippen LogP contribution in [-0.4, -0.2) is 54.3 Å². The van der Waals surface area contributed by atoms with Gasteiger partial charge in [0, 0.05) is 31.3 Å². The van der Waals surface area contributed by atoms with Crippen molar-refractivity contribution in [2.24, 2.45) is 11.3 Å². The Bertz CT molecular complexity index is 781. The highest BCUT2D eigenvalue weighted by Gasteiger charge is 2.64. The maximum absolute atomic E-state index is 12.1. The van der Waals surface area contributed by atoms with Crippen LogP contribution in [0.1, 0.15) is 184 Å². The van der Waals surface area contributed by atoms with E-state index in [2.05, 4.69) is 48.5 Å². The molecule has 0 radical (unpaired) electrons. The molecule has 0 aromatic rings. The van der Waals surface area contributed by atoms with E-state index in [0.29, 0.717) is 26.2 Å². The molecular weight excluding hydrogens is 550 g/mol. The standard InChI is InChI=1S/C38H73NO5/c1-9-13-14-15-16-17-18-19-20-21-22-23-24-25-26-27-28-41-30-37(12-4)31-42-38(43-32-37)29-35(7,10-2)39(44-34(6)40)36(8,11-3)33(38)5/h33H,9-32H2,1-8H3. The molecule has 0 saturated carbocycles. The minimum Gasteiger partial charge on any atom is -0.381 e. The summed E-state index contributed by atoms with van der Waals surface area (Å²) in [5, 5.41) is 1.97. The summed E-state index contributed by atoms with van der Waals surface area (Å²) in [6.45, 7) is 19.7. The molecule has 260 valence electrons. The van der Waals surface area contributed by atoms with E-state index in [1.807, 2.05) is 5.06 Å². The second-order valence-electron chi connectivity index (χ2n) is 14.9. The van der Waals surface area contributed by atoms with Gasteiger partial charge in [-0.1, -0.05) is 131 Å². The lowest BCUT2D eigenvalue weighted by Crippen LogP contribution is -2.74. The molecule has 2 fully saturated rings. The summed E-state index contributed by atoms with van der Waals surface area (Å²) >= 11 is 0. The maximum atomic E-state index is 12.1. The summed E-state index contributed by atoms with van der Waals surface area (Å²) < 4.78 is 19.8. The first kappa shape index (κ1) is 39.5. The lowest BCUT2D eigenvalue weighted by molar-refractivity contribution is -0.403. The first-order valence-electron chi connectivity index (χ1n) is 18.9. The Balaban J connectivity index is 1.65. The van der Waals surface area contributed by atoms with Crippen LogP contribution in [-0.2, 0) is 23.8 Å². The number of piperidine rings is 1. The molecule has 6 heteroatoms. The van der Waals surface area contributed by atoms with Gasteiger partial charge in [0.2, 0.25) is 0 Å². The van der Waals surface area contributed by atoms with Gasteiger partial charge in [0.25, 0.3) is 0 Å². The van der Waals surface area contributed by atoms with Crippen LogP contribution in [0.3, 0.4) is 0 Å². The monoisotopic (exact) mass is 624 g/mol. The highest BCUT2D eigenvalue weighted by atomic mass is 16.7. The number of hydroxylamine groups is 2. The number of unbranched alkanes of at least 4 members (excludes halogenated alkanes) is 15. The van der Waals surface area contributed by atoms with Gasteiger partial charge in [0.05, 0.1) is 30.9 Å². The first-order chi connectivity index (χ1) is 21.1. The third-order valence-electron chi connectivity index (χ3n) is 11.4. The second-order valence-corrected chi connectivity index (χ2v) is 14.9. The van der Waals surface area contributed by atoms with Crippen molar-refractivity contribution in [3.63, 3.8) is 0 Å². The summed E-state index contributed by atoms with van der Waals surface area (Å²) in [5.74, 6) is -0.942. The highest BCUT2D eigenvalue weighted by Crippen LogP contribution is 2.54. The van der Waals surface area contributed by atoms with Gasteiger partial charge in [-0.2, -0.15) is 0 Å². The number of hydrogen-bond donors (Lipinski definition) is 0. The fourth-order valence-corrected chi connectivity index (χ4v) is 7.50. The predicted octanol–water partition coefficient (Wildman–Crippen LogP) is 10.6. The number of nitrogens with zero attached hydrogens (tertiary/aromatic N) is 1. The Morgan fingerprint density at radius 2 is 1.20 bits per heavy atom. The van der Waals surface area contributed by atoms with Gasteiger partial charge in [-0.15, -0.1) is 5.06 Å². The molecule has 2 saturated heterocycles. The van der Waals surface area contributed by atoms with E-state index < -0.39 is 11.3 Å². The minimum atomic E-state index is -0.696. The molecule has 1 spiro atoms. The smallest absolute Gasteiger partial charge is 0.322 e. The number of carbonyl (C=O) groups is 1. The van der Waals surface area contributed by atoms with E-state index in [1.165, 1.54) is 103 Å². The number of hydrogen-bond acceptors (Lipinski definition) is 6. The number of carbonyl (C=O) groups excluding carboxylic acids is 1. The van der Waals surface area contributed by atoms with E-state index in [-0.39, 0.29) is 22.8 Å². The number of rotatable bonds is 23. The third-order valence-corrected chi connectivity index (χ3v) is 11.4. The van der Waals surface area contributed by atoms with E-state index in [9.17, 15) is 4.79 Å². The summed E-state index contributed by atoms with van der Waals surface area (Å²) in [6, 6.07) is 0. The van der Waals surface area contributed by atoms with Crippen LogP contribution in [0.5, 0.6) is 0 Å². The average molecular weight is 624 g/mol. The maximum Gasteiger partial charge on any atom is 0.322 e. The molecule has 6 nitrogen and oxygen atoms in total. The largest absolute Gasteiger partial charge is 0.381 e. The molecule has 0 aromatic heterocycles. The minimum absolute atomic E-state index is 0.0276. The SMILES string of the molecule is CCCCCCCCCCCCCCCCCCOCC1(CC)COC2(CC(C)(CC)N(OC(C)=O)C(C)(CC)C2C)OC1. The van der Waals surface area contributed by atoms with Gasteiger partial charge >= 0.3 is 5.97 Å². The highest BCUT2D eigenvalue weighted by molar-refractivity contribution is 5.65. The Labute approximate surface area is 273 Å². The first-order valence-corrected chi connectivity index (χ1v) is 18.9. The summed E-state index contributed by atoms with van der Waals surface area (Å²) in [4.78, 5) is 18.0. The van der Waals surface area contributed by atoms with E-state index in [1.54, 1.807) is 0 Å². The Hall–Kier alpha value is -0.690. The molecule has 0 N–H and O–H groups in total. The van der Waals surface area contributed by atoms with Gasteiger partial charge in [0.15, 0.2) is 5.79 Å². The molecule has 0 amide bonds. The van der Waals surface area contributed by atoms with Crippen molar-refractivity contribution in [2.45, 2.75) is 201 Å². The van der Waals surface area contributed by atoms with Crippen molar-refractivity contribution >= 4 is 5.97 Å². The molecule has 3 unspecified atom stereocenters. The van der Waals surface area contributed by atoms with Crippen molar-refractivity contribution in [2.75, 3.05) is 26.4 Å². The summed E-state index contributed by atoms with van der Waals surface area (Å²) in [7, 11) is 0. The fourth-order valence-electron chi connectivity index (χ4n) is 7.50. The molecule has 0 aliphatic carbocycles. The molecule has 2 aliphatic rings. The Morgan fingerprint density at radius 3 is 1.61 bits per heavy atom. The van der Waals surface area contributed by atoms with Crippen LogP contribution < -0.4 is 0 Å². The van der Waals surface area contributed by atoms with Crippen LogP contribution in [0.15, 0.2) is 0 Å². The Morgan fingerprint density at radius 1 is 0.727 bits per heavy atom. The topological polar surface area (TPSA) is 57.2 Å². The molecule has 0 bridgehead atoms.